The highest BCUT2D eigenvalue weighted by atomic mass is 16.4. The van der Waals surface area contributed by atoms with Crippen LogP contribution < -0.4 is 0 Å². The fourth-order valence-electron chi connectivity index (χ4n) is 2.71. The lowest BCUT2D eigenvalue weighted by atomic mass is 9.94. The van der Waals surface area contributed by atoms with Crippen LogP contribution in [-0.4, -0.2) is 40.1 Å². The number of carboxylic acid groups (broad SMARTS) is 2. The van der Waals surface area contributed by atoms with Crippen molar-refractivity contribution in [2.45, 2.75) is 33.7 Å². The first-order chi connectivity index (χ1) is 9.22. The Kier molecular flexibility index (Phi) is 5.27. The summed E-state index contributed by atoms with van der Waals surface area (Å²) in [5.74, 6) is -2.05. The second kappa shape index (κ2) is 6.52. The smallest absolute Gasteiger partial charge is 0.317 e. The van der Waals surface area contributed by atoms with Gasteiger partial charge in [-0.2, -0.15) is 0 Å². The van der Waals surface area contributed by atoms with Gasteiger partial charge in [0.25, 0.3) is 0 Å². The van der Waals surface area contributed by atoms with Crippen molar-refractivity contribution in [2.75, 3.05) is 13.1 Å². The molecule has 0 aliphatic heterocycles. The second-order valence-corrected chi connectivity index (χ2v) is 5.18. The number of carboxylic acids is 2. The number of hydrogen-bond acceptors (Lipinski definition) is 3. The Morgan fingerprint density at radius 1 is 1.05 bits per heavy atom. The summed E-state index contributed by atoms with van der Waals surface area (Å²) in [6.07, 6.45) is 0. The fourth-order valence-corrected chi connectivity index (χ4v) is 2.71. The van der Waals surface area contributed by atoms with Gasteiger partial charge in [-0.25, -0.2) is 0 Å². The lowest BCUT2D eigenvalue weighted by Crippen LogP contribution is -2.37. The summed E-state index contributed by atoms with van der Waals surface area (Å²) in [6, 6.07) is 3.79. The molecule has 0 heterocycles. The molecule has 0 aliphatic carbocycles. The molecule has 0 bridgehead atoms. The number of rotatable bonds is 6. The molecule has 0 aliphatic rings. The average Bonchev–Trinajstić information content (AvgIpc) is 2.24. The van der Waals surface area contributed by atoms with E-state index in [0.29, 0.717) is 0 Å². The van der Waals surface area contributed by atoms with E-state index in [0.717, 1.165) is 22.3 Å². The van der Waals surface area contributed by atoms with Crippen molar-refractivity contribution in [1.29, 1.82) is 0 Å². The maximum atomic E-state index is 10.9. The summed E-state index contributed by atoms with van der Waals surface area (Å²) >= 11 is 0. The molecule has 1 atom stereocenters. The Labute approximate surface area is 118 Å². The highest BCUT2D eigenvalue weighted by Crippen LogP contribution is 2.27. The maximum absolute atomic E-state index is 10.9. The van der Waals surface area contributed by atoms with Gasteiger partial charge in [-0.05, 0) is 44.4 Å². The van der Waals surface area contributed by atoms with Crippen molar-refractivity contribution in [3.63, 3.8) is 0 Å². The van der Waals surface area contributed by atoms with Gasteiger partial charge in [0.15, 0.2) is 0 Å². The fraction of sp³-hybridized carbons (Fsp3) is 0.467. The highest BCUT2D eigenvalue weighted by Gasteiger charge is 2.23. The molecule has 5 heteroatoms. The molecule has 0 amide bonds. The number of carbonyl (C=O) groups is 2. The van der Waals surface area contributed by atoms with E-state index in [1.807, 2.05) is 39.8 Å². The van der Waals surface area contributed by atoms with E-state index in [4.69, 9.17) is 10.2 Å². The first-order valence-corrected chi connectivity index (χ1v) is 6.47. The third kappa shape index (κ3) is 4.06. The van der Waals surface area contributed by atoms with E-state index < -0.39 is 11.9 Å². The molecular weight excluding hydrogens is 258 g/mol. The number of nitrogens with zero attached hydrogens (tertiary/aromatic N) is 1. The summed E-state index contributed by atoms with van der Waals surface area (Å²) in [6.45, 7) is 7.19. The van der Waals surface area contributed by atoms with Crippen LogP contribution in [0.25, 0.3) is 0 Å². The van der Waals surface area contributed by atoms with Gasteiger partial charge in [0, 0.05) is 6.04 Å². The maximum Gasteiger partial charge on any atom is 0.317 e. The lowest BCUT2D eigenvalue weighted by molar-refractivity contribution is -0.142. The minimum absolute atomic E-state index is 0.261. The molecule has 1 unspecified atom stereocenters. The summed E-state index contributed by atoms with van der Waals surface area (Å²) < 4.78 is 0. The van der Waals surface area contributed by atoms with Crippen LogP contribution in [0.1, 0.15) is 35.2 Å². The SMILES string of the molecule is Cc1cc(C)c(C(C)N(CC(=O)O)CC(=O)O)c(C)c1. The second-order valence-electron chi connectivity index (χ2n) is 5.18. The predicted molar refractivity (Wildman–Crippen MR) is 75.9 cm³/mol. The van der Waals surface area contributed by atoms with Crippen LogP contribution in [0.4, 0.5) is 0 Å². The molecule has 20 heavy (non-hydrogen) atoms. The molecule has 0 saturated heterocycles. The van der Waals surface area contributed by atoms with E-state index in [2.05, 4.69) is 0 Å². The normalized spacial score (nSPS) is 12.4. The van der Waals surface area contributed by atoms with E-state index in [1.165, 1.54) is 4.90 Å². The van der Waals surface area contributed by atoms with E-state index in [-0.39, 0.29) is 19.1 Å². The zero-order chi connectivity index (χ0) is 15.4. The van der Waals surface area contributed by atoms with Gasteiger partial charge in [-0.15, -0.1) is 0 Å². The standard InChI is InChI=1S/C15H21NO4/c1-9-5-10(2)15(11(3)6-9)12(4)16(7-13(17)18)8-14(19)20/h5-6,12H,7-8H2,1-4H3,(H,17,18)(H,19,20). The van der Waals surface area contributed by atoms with Crippen LogP contribution in [0.3, 0.4) is 0 Å². The largest absolute Gasteiger partial charge is 0.480 e. The van der Waals surface area contributed by atoms with Crippen molar-refractivity contribution >= 4 is 11.9 Å². The van der Waals surface area contributed by atoms with E-state index in [9.17, 15) is 9.59 Å². The van der Waals surface area contributed by atoms with Crippen LogP contribution in [0, 0.1) is 20.8 Å². The monoisotopic (exact) mass is 279 g/mol. The Morgan fingerprint density at radius 3 is 1.80 bits per heavy atom. The Morgan fingerprint density at radius 2 is 1.45 bits per heavy atom. The Bertz CT molecular complexity index is 486. The number of aliphatic carboxylic acids is 2. The van der Waals surface area contributed by atoms with Crippen molar-refractivity contribution in [3.05, 3.63) is 34.4 Å². The summed E-state index contributed by atoms with van der Waals surface area (Å²) in [5, 5.41) is 17.9. The van der Waals surface area contributed by atoms with Crippen LogP contribution in [0.15, 0.2) is 12.1 Å². The first-order valence-electron chi connectivity index (χ1n) is 6.47. The van der Waals surface area contributed by atoms with Crippen LogP contribution in [0.2, 0.25) is 0 Å². The molecule has 0 spiro atoms. The van der Waals surface area contributed by atoms with Crippen molar-refractivity contribution in [2.24, 2.45) is 0 Å². The van der Waals surface area contributed by atoms with Crippen LogP contribution in [-0.2, 0) is 9.59 Å². The molecule has 2 N–H and O–H groups in total. The van der Waals surface area contributed by atoms with Crippen LogP contribution in [0.5, 0.6) is 0 Å². The molecule has 1 rings (SSSR count). The van der Waals surface area contributed by atoms with Gasteiger partial charge in [-0.3, -0.25) is 14.5 Å². The highest BCUT2D eigenvalue weighted by molar-refractivity contribution is 5.72. The predicted octanol–water partition coefficient (Wildman–Crippen LogP) is 2.14. The molecule has 0 fully saturated rings. The third-order valence-corrected chi connectivity index (χ3v) is 3.38. The zero-order valence-electron chi connectivity index (χ0n) is 12.3. The molecule has 0 aromatic heterocycles. The van der Waals surface area contributed by atoms with Crippen LogP contribution >= 0.6 is 0 Å². The zero-order valence-corrected chi connectivity index (χ0v) is 12.3. The van der Waals surface area contributed by atoms with Crippen molar-refractivity contribution in [1.82, 2.24) is 4.90 Å². The van der Waals surface area contributed by atoms with E-state index >= 15 is 0 Å². The Balaban J connectivity index is 3.14. The minimum atomic E-state index is -1.03. The van der Waals surface area contributed by atoms with Gasteiger partial charge >= 0.3 is 11.9 Å². The quantitative estimate of drug-likeness (QED) is 0.834. The molecule has 0 radical (unpaired) electrons. The molecule has 1 aromatic carbocycles. The average molecular weight is 279 g/mol. The lowest BCUT2D eigenvalue weighted by Gasteiger charge is -2.29. The minimum Gasteiger partial charge on any atom is -0.480 e. The van der Waals surface area contributed by atoms with Gasteiger partial charge in [0.1, 0.15) is 0 Å². The number of hydrogen-bond donors (Lipinski definition) is 2. The van der Waals surface area contributed by atoms with Gasteiger partial charge < -0.3 is 10.2 Å². The summed E-state index contributed by atoms with van der Waals surface area (Å²) in [4.78, 5) is 23.3. The molecule has 5 nitrogen and oxygen atoms in total. The van der Waals surface area contributed by atoms with Crippen molar-refractivity contribution < 1.29 is 19.8 Å². The van der Waals surface area contributed by atoms with Crippen molar-refractivity contribution in [3.8, 4) is 0 Å². The molecule has 1 aromatic rings. The third-order valence-electron chi connectivity index (χ3n) is 3.38. The number of benzene rings is 1. The van der Waals surface area contributed by atoms with Gasteiger partial charge in [0.05, 0.1) is 13.1 Å². The summed E-state index contributed by atoms with van der Waals surface area (Å²) in [7, 11) is 0. The number of aryl methyl sites for hydroxylation is 3. The van der Waals surface area contributed by atoms with E-state index in [1.54, 1.807) is 0 Å². The topological polar surface area (TPSA) is 77.8 Å². The van der Waals surface area contributed by atoms with Gasteiger partial charge in [-0.1, -0.05) is 17.7 Å². The molecular formula is C15H21NO4. The summed E-state index contributed by atoms with van der Waals surface area (Å²) in [5.41, 5.74) is 4.24. The first kappa shape index (κ1) is 16.2. The molecule has 0 saturated carbocycles. The molecule has 110 valence electrons. The van der Waals surface area contributed by atoms with Gasteiger partial charge in [0.2, 0.25) is 0 Å². The Hall–Kier alpha value is -1.88.